The smallest absolute Gasteiger partial charge is 0.255 e. The molecule has 0 radical (unpaired) electrons. The van der Waals surface area contributed by atoms with Crippen molar-refractivity contribution < 1.29 is 14.3 Å². The van der Waals surface area contributed by atoms with Crippen LogP contribution in [0, 0.1) is 0 Å². The minimum absolute atomic E-state index is 0.157. The Kier molecular flexibility index (Phi) is 7.50. The third-order valence-corrected chi connectivity index (χ3v) is 2.86. The van der Waals surface area contributed by atoms with Crippen LogP contribution in [0.25, 0.3) is 0 Å². The molecule has 5 heteroatoms. The molecule has 0 saturated heterocycles. The number of rotatable bonds is 9. The highest BCUT2D eigenvalue weighted by Crippen LogP contribution is 2.21. The lowest BCUT2D eigenvalue weighted by atomic mass is 10.1. The maximum atomic E-state index is 12.0. The zero-order valence-electron chi connectivity index (χ0n) is 12.3. The number of ether oxygens (including phenoxy) is 2. The molecule has 0 heterocycles. The van der Waals surface area contributed by atoms with Crippen LogP contribution >= 0.6 is 0 Å². The van der Waals surface area contributed by atoms with Crippen molar-refractivity contribution in [3.63, 3.8) is 0 Å². The van der Waals surface area contributed by atoms with E-state index in [9.17, 15) is 4.79 Å². The van der Waals surface area contributed by atoms with E-state index in [0.29, 0.717) is 30.2 Å². The first-order valence-corrected chi connectivity index (χ1v) is 6.98. The molecule has 0 aliphatic heterocycles. The number of nitrogens with one attached hydrogen (secondary N) is 1. The Morgan fingerprint density at radius 1 is 1.30 bits per heavy atom. The molecule has 1 amide bonds. The van der Waals surface area contributed by atoms with Crippen LogP contribution < -0.4 is 15.8 Å². The number of anilines is 1. The van der Waals surface area contributed by atoms with E-state index in [0.717, 1.165) is 25.9 Å². The van der Waals surface area contributed by atoms with E-state index in [-0.39, 0.29) is 5.91 Å². The van der Waals surface area contributed by atoms with Gasteiger partial charge in [0.15, 0.2) is 0 Å². The van der Waals surface area contributed by atoms with Crippen LogP contribution in [0.5, 0.6) is 5.75 Å². The summed E-state index contributed by atoms with van der Waals surface area (Å²) >= 11 is 0. The molecule has 0 aliphatic rings. The average Bonchev–Trinajstić information content (AvgIpc) is 2.45. The molecule has 0 atom stereocenters. The number of amides is 1. The predicted molar refractivity (Wildman–Crippen MR) is 80.1 cm³/mol. The Bertz CT molecular complexity index is 422. The van der Waals surface area contributed by atoms with Gasteiger partial charge in [-0.2, -0.15) is 0 Å². The summed E-state index contributed by atoms with van der Waals surface area (Å²) in [6.45, 7) is 4.16. The van der Waals surface area contributed by atoms with Gasteiger partial charge in [-0.05, 0) is 25.0 Å². The van der Waals surface area contributed by atoms with E-state index >= 15 is 0 Å². The minimum Gasteiger partial charge on any atom is -0.496 e. The van der Waals surface area contributed by atoms with Crippen molar-refractivity contribution in [1.82, 2.24) is 5.32 Å². The largest absolute Gasteiger partial charge is 0.496 e. The summed E-state index contributed by atoms with van der Waals surface area (Å²) in [5, 5.41) is 2.84. The fraction of sp³-hybridized carbons (Fsp3) is 0.533. The van der Waals surface area contributed by atoms with Crippen molar-refractivity contribution in [3.05, 3.63) is 23.8 Å². The van der Waals surface area contributed by atoms with Gasteiger partial charge in [0.05, 0.1) is 12.7 Å². The lowest BCUT2D eigenvalue weighted by Gasteiger charge is -2.10. The van der Waals surface area contributed by atoms with E-state index in [1.54, 1.807) is 18.2 Å². The Labute approximate surface area is 120 Å². The molecular weight excluding hydrogens is 256 g/mol. The summed E-state index contributed by atoms with van der Waals surface area (Å²) in [6, 6.07) is 5.00. The highest BCUT2D eigenvalue weighted by Gasteiger charge is 2.11. The second-order valence-electron chi connectivity index (χ2n) is 4.54. The highest BCUT2D eigenvalue weighted by atomic mass is 16.5. The fourth-order valence-corrected chi connectivity index (χ4v) is 1.72. The second kappa shape index (κ2) is 9.20. The van der Waals surface area contributed by atoms with Crippen LogP contribution in [-0.2, 0) is 4.74 Å². The van der Waals surface area contributed by atoms with Crippen molar-refractivity contribution in [3.8, 4) is 5.75 Å². The Hall–Kier alpha value is -1.75. The highest BCUT2D eigenvalue weighted by molar-refractivity contribution is 5.97. The number of hydrogen-bond donors (Lipinski definition) is 2. The molecule has 0 spiro atoms. The lowest BCUT2D eigenvalue weighted by Crippen LogP contribution is -2.25. The van der Waals surface area contributed by atoms with Gasteiger partial charge in [-0.1, -0.05) is 13.3 Å². The van der Waals surface area contributed by atoms with E-state index in [2.05, 4.69) is 12.2 Å². The SMILES string of the molecule is CCCCOCCCNC(=O)c1ccc(N)cc1OC. The standard InChI is InChI=1S/C15H24N2O3/c1-3-4-9-20-10-5-8-17-15(18)13-7-6-12(16)11-14(13)19-2/h6-7,11H,3-5,8-10,16H2,1-2H3,(H,17,18). The first kappa shape index (κ1) is 16.3. The number of nitrogens with two attached hydrogens (primary N) is 1. The van der Waals surface area contributed by atoms with Crippen LogP contribution in [-0.4, -0.2) is 32.8 Å². The molecule has 20 heavy (non-hydrogen) atoms. The molecule has 1 rings (SSSR count). The normalized spacial score (nSPS) is 10.3. The number of nitrogen functional groups attached to an aromatic ring is 1. The van der Waals surface area contributed by atoms with Crippen LogP contribution in [0.4, 0.5) is 5.69 Å². The van der Waals surface area contributed by atoms with Gasteiger partial charge in [-0.25, -0.2) is 0 Å². The van der Waals surface area contributed by atoms with Gasteiger partial charge in [-0.15, -0.1) is 0 Å². The van der Waals surface area contributed by atoms with Crippen molar-refractivity contribution in [2.75, 3.05) is 32.6 Å². The molecule has 0 unspecified atom stereocenters. The molecule has 0 bridgehead atoms. The van der Waals surface area contributed by atoms with E-state index in [4.69, 9.17) is 15.2 Å². The number of carbonyl (C=O) groups is 1. The molecule has 3 N–H and O–H groups in total. The predicted octanol–water partition coefficient (Wildman–Crippen LogP) is 2.21. The van der Waals surface area contributed by atoms with Gasteiger partial charge in [0, 0.05) is 31.5 Å². The van der Waals surface area contributed by atoms with Gasteiger partial charge in [0.2, 0.25) is 0 Å². The van der Waals surface area contributed by atoms with Crippen molar-refractivity contribution >= 4 is 11.6 Å². The van der Waals surface area contributed by atoms with E-state index in [1.165, 1.54) is 7.11 Å². The second-order valence-corrected chi connectivity index (χ2v) is 4.54. The van der Waals surface area contributed by atoms with Crippen molar-refractivity contribution in [1.29, 1.82) is 0 Å². The maximum absolute atomic E-state index is 12.0. The number of unbranched alkanes of at least 4 members (excludes halogenated alkanes) is 1. The molecule has 1 aromatic carbocycles. The van der Waals surface area contributed by atoms with Crippen LogP contribution in [0.3, 0.4) is 0 Å². The molecule has 0 fully saturated rings. The van der Waals surface area contributed by atoms with Crippen molar-refractivity contribution in [2.24, 2.45) is 0 Å². The van der Waals surface area contributed by atoms with Crippen LogP contribution in [0.2, 0.25) is 0 Å². The third-order valence-electron chi connectivity index (χ3n) is 2.86. The van der Waals surface area contributed by atoms with E-state index < -0.39 is 0 Å². The molecule has 112 valence electrons. The number of hydrogen-bond acceptors (Lipinski definition) is 4. The summed E-state index contributed by atoms with van der Waals surface area (Å²) in [4.78, 5) is 12.0. The number of carbonyl (C=O) groups excluding carboxylic acids is 1. The van der Waals surface area contributed by atoms with Gasteiger partial charge in [0.25, 0.3) is 5.91 Å². The Balaban J connectivity index is 2.32. The number of benzene rings is 1. The zero-order valence-corrected chi connectivity index (χ0v) is 12.3. The topological polar surface area (TPSA) is 73.6 Å². The van der Waals surface area contributed by atoms with Gasteiger partial charge < -0.3 is 20.5 Å². The van der Waals surface area contributed by atoms with E-state index in [1.807, 2.05) is 0 Å². The van der Waals surface area contributed by atoms with Crippen LogP contribution in [0.1, 0.15) is 36.5 Å². The quantitative estimate of drug-likeness (QED) is 0.537. The summed E-state index contributed by atoms with van der Waals surface area (Å²) in [5.41, 5.74) is 6.72. The van der Waals surface area contributed by atoms with Gasteiger partial charge in [-0.3, -0.25) is 4.79 Å². The van der Waals surface area contributed by atoms with Crippen LogP contribution in [0.15, 0.2) is 18.2 Å². The summed E-state index contributed by atoms with van der Waals surface area (Å²) < 4.78 is 10.6. The molecule has 0 aromatic heterocycles. The molecule has 0 saturated carbocycles. The lowest BCUT2D eigenvalue weighted by molar-refractivity contribution is 0.0937. The summed E-state index contributed by atoms with van der Waals surface area (Å²) in [6.07, 6.45) is 3.01. The molecule has 0 aliphatic carbocycles. The Morgan fingerprint density at radius 3 is 2.75 bits per heavy atom. The van der Waals surface area contributed by atoms with Gasteiger partial charge >= 0.3 is 0 Å². The molecule has 5 nitrogen and oxygen atoms in total. The Morgan fingerprint density at radius 2 is 2.05 bits per heavy atom. The monoisotopic (exact) mass is 280 g/mol. The third kappa shape index (κ3) is 5.48. The first-order valence-electron chi connectivity index (χ1n) is 6.98. The molecule has 1 aromatic rings. The maximum Gasteiger partial charge on any atom is 0.255 e. The summed E-state index contributed by atoms with van der Waals surface area (Å²) in [5.74, 6) is 0.331. The number of methoxy groups -OCH3 is 1. The molecular formula is C15H24N2O3. The first-order chi connectivity index (χ1) is 9.69. The minimum atomic E-state index is -0.157. The van der Waals surface area contributed by atoms with Crippen molar-refractivity contribution in [2.45, 2.75) is 26.2 Å². The van der Waals surface area contributed by atoms with Gasteiger partial charge in [0.1, 0.15) is 5.75 Å². The zero-order chi connectivity index (χ0) is 14.8. The average molecular weight is 280 g/mol. The fourth-order valence-electron chi connectivity index (χ4n) is 1.72. The summed E-state index contributed by atoms with van der Waals surface area (Å²) in [7, 11) is 1.52.